The fourth-order valence-electron chi connectivity index (χ4n) is 3.20. The summed E-state index contributed by atoms with van der Waals surface area (Å²) >= 11 is 1.42. The largest absolute Gasteiger partial charge is 0.493 e. The molecule has 0 saturated carbocycles. The van der Waals surface area contributed by atoms with Crippen molar-refractivity contribution in [2.75, 3.05) is 14.2 Å². The van der Waals surface area contributed by atoms with Crippen molar-refractivity contribution >= 4 is 27.3 Å². The van der Waals surface area contributed by atoms with Gasteiger partial charge in [0.05, 0.1) is 23.9 Å². The minimum absolute atomic E-state index is 0.208. The highest BCUT2D eigenvalue weighted by atomic mass is 32.1. The van der Waals surface area contributed by atoms with Crippen molar-refractivity contribution in [3.8, 4) is 22.8 Å². The van der Waals surface area contributed by atoms with Gasteiger partial charge in [-0.25, -0.2) is 9.67 Å². The minimum Gasteiger partial charge on any atom is -0.493 e. The molecule has 30 heavy (non-hydrogen) atoms. The second-order valence-corrected chi connectivity index (χ2v) is 7.78. The van der Waals surface area contributed by atoms with E-state index in [9.17, 15) is 9.59 Å². The molecule has 0 amide bonds. The van der Waals surface area contributed by atoms with E-state index in [1.807, 2.05) is 37.3 Å². The van der Waals surface area contributed by atoms with Gasteiger partial charge in [0.1, 0.15) is 12.2 Å². The highest BCUT2D eigenvalue weighted by Gasteiger charge is 2.19. The lowest BCUT2D eigenvalue weighted by atomic mass is 10.1. The number of ether oxygens (including phenoxy) is 2. The molecule has 0 aliphatic heterocycles. The molecule has 0 aliphatic rings. The molecule has 8 heteroatoms. The van der Waals surface area contributed by atoms with Crippen LogP contribution in [0.3, 0.4) is 0 Å². The first-order valence-corrected chi connectivity index (χ1v) is 10.0. The first kappa shape index (κ1) is 19.8. The van der Waals surface area contributed by atoms with Gasteiger partial charge in [-0.2, -0.15) is 5.10 Å². The van der Waals surface area contributed by atoms with E-state index in [-0.39, 0.29) is 17.9 Å². The zero-order valence-corrected chi connectivity index (χ0v) is 17.5. The van der Waals surface area contributed by atoms with Gasteiger partial charge in [0.15, 0.2) is 22.8 Å². The third-order valence-corrected chi connectivity index (χ3v) is 5.63. The van der Waals surface area contributed by atoms with Crippen LogP contribution in [0.2, 0.25) is 0 Å². The SMILES string of the molecule is COc1ccc(C(=O)Cn2nc(-c3ccccc3)c3sc(C)nc3c2=O)cc1OC. The Balaban J connectivity index is 1.79. The van der Waals surface area contributed by atoms with Crippen LogP contribution >= 0.6 is 11.3 Å². The predicted molar refractivity (Wildman–Crippen MR) is 116 cm³/mol. The summed E-state index contributed by atoms with van der Waals surface area (Å²) in [5.74, 6) is 0.699. The highest BCUT2D eigenvalue weighted by Crippen LogP contribution is 2.30. The Morgan fingerprint density at radius 2 is 1.80 bits per heavy atom. The summed E-state index contributed by atoms with van der Waals surface area (Å²) in [7, 11) is 3.03. The summed E-state index contributed by atoms with van der Waals surface area (Å²) in [6, 6.07) is 14.4. The van der Waals surface area contributed by atoms with E-state index >= 15 is 0 Å². The number of benzene rings is 2. The summed E-state index contributed by atoms with van der Waals surface area (Å²) in [6.07, 6.45) is 0. The number of aryl methyl sites for hydroxylation is 1. The van der Waals surface area contributed by atoms with Crippen LogP contribution in [-0.4, -0.2) is 34.8 Å². The zero-order chi connectivity index (χ0) is 21.3. The van der Waals surface area contributed by atoms with Crippen LogP contribution in [0.5, 0.6) is 11.5 Å². The van der Waals surface area contributed by atoms with Gasteiger partial charge in [-0.1, -0.05) is 30.3 Å². The molecule has 0 spiro atoms. The number of thiazole rings is 1. The van der Waals surface area contributed by atoms with E-state index in [2.05, 4.69) is 10.1 Å². The zero-order valence-electron chi connectivity index (χ0n) is 16.7. The first-order valence-electron chi connectivity index (χ1n) is 9.20. The Morgan fingerprint density at radius 3 is 2.50 bits per heavy atom. The maximum atomic E-state index is 13.0. The number of methoxy groups -OCH3 is 2. The number of Topliss-reactive ketones (excluding diaryl/α,β-unsaturated/α-hetero) is 1. The molecule has 0 aliphatic carbocycles. The Labute approximate surface area is 176 Å². The van der Waals surface area contributed by atoms with Crippen LogP contribution < -0.4 is 15.0 Å². The molecular weight excluding hydrogens is 402 g/mol. The van der Waals surface area contributed by atoms with E-state index in [1.165, 1.54) is 30.2 Å². The van der Waals surface area contributed by atoms with Crippen LogP contribution in [-0.2, 0) is 6.54 Å². The van der Waals surface area contributed by atoms with Gasteiger partial charge in [0.2, 0.25) is 0 Å². The maximum absolute atomic E-state index is 13.0. The van der Waals surface area contributed by atoms with E-state index in [0.717, 1.165) is 15.3 Å². The summed E-state index contributed by atoms with van der Waals surface area (Å²) in [4.78, 5) is 30.3. The average Bonchev–Trinajstić information content (AvgIpc) is 3.17. The number of hydrogen-bond donors (Lipinski definition) is 0. The molecule has 0 atom stereocenters. The van der Waals surface area contributed by atoms with Crippen LogP contribution in [0.1, 0.15) is 15.4 Å². The molecule has 2 heterocycles. The molecule has 0 radical (unpaired) electrons. The standard InChI is InChI=1S/C22H19N3O4S/c1-13-23-20-21(30-13)19(14-7-5-4-6-8-14)24-25(22(20)27)12-16(26)15-9-10-17(28-2)18(11-15)29-3/h4-11H,12H2,1-3H3. The van der Waals surface area contributed by atoms with Crippen molar-refractivity contribution in [3.05, 3.63) is 69.5 Å². The fraction of sp³-hybridized carbons (Fsp3) is 0.182. The number of carbonyl (C=O) groups excluding carboxylic acids is 1. The van der Waals surface area contributed by atoms with Crippen molar-refractivity contribution < 1.29 is 14.3 Å². The van der Waals surface area contributed by atoms with E-state index in [4.69, 9.17) is 9.47 Å². The smallest absolute Gasteiger partial charge is 0.294 e. The number of aromatic nitrogens is 3. The molecule has 0 bridgehead atoms. The molecule has 152 valence electrons. The molecule has 4 aromatic rings. The lowest BCUT2D eigenvalue weighted by molar-refractivity contribution is 0.0965. The van der Waals surface area contributed by atoms with Crippen molar-refractivity contribution in [2.45, 2.75) is 13.5 Å². The fourth-order valence-corrected chi connectivity index (χ4v) is 4.11. The quantitative estimate of drug-likeness (QED) is 0.441. The van der Waals surface area contributed by atoms with Crippen LogP contribution in [0.15, 0.2) is 53.3 Å². The highest BCUT2D eigenvalue weighted by molar-refractivity contribution is 7.19. The average molecular weight is 421 g/mol. The van der Waals surface area contributed by atoms with Gasteiger partial charge in [-0.05, 0) is 25.1 Å². The molecule has 2 aromatic carbocycles. The number of rotatable bonds is 6. The van der Waals surface area contributed by atoms with Crippen molar-refractivity contribution in [2.24, 2.45) is 0 Å². The Bertz CT molecular complexity index is 1300. The number of nitrogens with zero attached hydrogens (tertiary/aromatic N) is 3. The van der Waals surface area contributed by atoms with E-state index in [0.29, 0.717) is 28.3 Å². The first-order chi connectivity index (χ1) is 14.5. The minimum atomic E-state index is -0.386. The lowest BCUT2D eigenvalue weighted by Crippen LogP contribution is -2.27. The van der Waals surface area contributed by atoms with Crippen LogP contribution in [0, 0.1) is 6.92 Å². The van der Waals surface area contributed by atoms with Gasteiger partial charge >= 0.3 is 0 Å². The molecule has 0 unspecified atom stereocenters. The second kappa shape index (κ2) is 8.08. The van der Waals surface area contributed by atoms with Gasteiger partial charge in [0.25, 0.3) is 5.56 Å². The Morgan fingerprint density at radius 1 is 1.07 bits per heavy atom. The molecule has 0 saturated heterocycles. The van der Waals surface area contributed by atoms with Crippen molar-refractivity contribution in [3.63, 3.8) is 0 Å². The molecule has 0 fully saturated rings. The number of ketones is 1. The summed E-state index contributed by atoms with van der Waals surface area (Å²) < 4.78 is 12.4. The predicted octanol–water partition coefficient (Wildman–Crippen LogP) is 3.73. The van der Waals surface area contributed by atoms with Gasteiger partial charge in [-0.15, -0.1) is 11.3 Å². The number of fused-ring (bicyclic) bond motifs is 1. The number of hydrogen-bond acceptors (Lipinski definition) is 7. The van der Waals surface area contributed by atoms with Crippen LogP contribution in [0.25, 0.3) is 21.5 Å². The Kier molecular flexibility index (Phi) is 5.33. The monoisotopic (exact) mass is 421 g/mol. The van der Waals surface area contributed by atoms with Gasteiger partial charge in [0, 0.05) is 11.1 Å². The topological polar surface area (TPSA) is 83.3 Å². The van der Waals surface area contributed by atoms with Crippen LogP contribution in [0.4, 0.5) is 0 Å². The third kappa shape index (κ3) is 3.57. The lowest BCUT2D eigenvalue weighted by Gasteiger charge is -2.10. The van der Waals surface area contributed by atoms with E-state index < -0.39 is 0 Å². The normalized spacial score (nSPS) is 10.9. The summed E-state index contributed by atoms with van der Waals surface area (Å²) in [6.45, 7) is 1.64. The van der Waals surface area contributed by atoms with Gasteiger partial charge < -0.3 is 9.47 Å². The molecule has 4 rings (SSSR count). The maximum Gasteiger partial charge on any atom is 0.294 e. The Hall–Kier alpha value is -3.52. The molecule has 0 N–H and O–H groups in total. The van der Waals surface area contributed by atoms with Gasteiger partial charge in [-0.3, -0.25) is 9.59 Å². The second-order valence-electron chi connectivity index (χ2n) is 6.58. The summed E-state index contributed by atoms with van der Waals surface area (Å²) in [5, 5.41) is 5.29. The summed E-state index contributed by atoms with van der Waals surface area (Å²) in [5.41, 5.74) is 1.83. The third-order valence-electron chi connectivity index (χ3n) is 4.65. The van der Waals surface area contributed by atoms with E-state index in [1.54, 1.807) is 18.2 Å². The molecule has 7 nitrogen and oxygen atoms in total. The van der Waals surface area contributed by atoms with Crippen molar-refractivity contribution in [1.82, 2.24) is 14.8 Å². The number of carbonyl (C=O) groups is 1. The van der Waals surface area contributed by atoms with Crippen molar-refractivity contribution in [1.29, 1.82) is 0 Å². The molecule has 2 aromatic heterocycles. The molecular formula is C22H19N3O4S.